The molecule has 0 aliphatic rings. The molecule has 100 valence electrons. The minimum atomic E-state index is -0.888. The Kier molecular flexibility index (Phi) is 3.85. The standard InChI is InChI=1S/C14H16N2O3/c1-2-9(14(18)19)8-16-13(17)11-5-3-4-10-6-7-15-12(10)11/h3-7,9,15H,2,8H2,1H3,(H,16,17)(H,18,19). The first-order valence-corrected chi connectivity index (χ1v) is 6.20. The second kappa shape index (κ2) is 5.56. The summed E-state index contributed by atoms with van der Waals surface area (Å²) in [5.41, 5.74) is 1.30. The number of H-pyrrole nitrogens is 1. The van der Waals surface area contributed by atoms with Crippen molar-refractivity contribution in [2.24, 2.45) is 5.92 Å². The number of fused-ring (bicyclic) bond motifs is 1. The van der Waals surface area contributed by atoms with Crippen molar-refractivity contribution in [3.63, 3.8) is 0 Å². The van der Waals surface area contributed by atoms with Crippen LogP contribution < -0.4 is 5.32 Å². The summed E-state index contributed by atoms with van der Waals surface area (Å²) in [6, 6.07) is 7.32. The topological polar surface area (TPSA) is 82.2 Å². The van der Waals surface area contributed by atoms with Crippen molar-refractivity contribution in [3.8, 4) is 0 Å². The highest BCUT2D eigenvalue weighted by atomic mass is 16.4. The van der Waals surface area contributed by atoms with Gasteiger partial charge in [-0.25, -0.2) is 0 Å². The quantitative estimate of drug-likeness (QED) is 0.769. The number of carbonyl (C=O) groups excluding carboxylic acids is 1. The molecule has 1 unspecified atom stereocenters. The van der Waals surface area contributed by atoms with Gasteiger partial charge in [-0.15, -0.1) is 0 Å². The van der Waals surface area contributed by atoms with Crippen LogP contribution in [0.1, 0.15) is 23.7 Å². The molecule has 0 radical (unpaired) electrons. The summed E-state index contributed by atoms with van der Waals surface area (Å²) in [6.45, 7) is 1.93. The van der Waals surface area contributed by atoms with Gasteiger partial charge in [0, 0.05) is 18.1 Å². The number of benzene rings is 1. The van der Waals surface area contributed by atoms with E-state index in [0.29, 0.717) is 12.0 Å². The van der Waals surface area contributed by atoms with Gasteiger partial charge in [-0.3, -0.25) is 9.59 Å². The van der Waals surface area contributed by atoms with Crippen LogP contribution in [-0.2, 0) is 4.79 Å². The largest absolute Gasteiger partial charge is 0.481 e. The third-order valence-corrected chi connectivity index (χ3v) is 3.18. The van der Waals surface area contributed by atoms with E-state index in [0.717, 1.165) is 10.9 Å². The Morgan fingerprint density at radius 2 is 2.16 bits per heavy atom. The fraction of sp³-hybridized carbons (Fsp3) is 0.286. The van der Waals surface area contributed by atoms with E-state index in [9.17, 15) is 9.59 Å². The van der Waals surface area contributed by atoms with Gasteiger partial charge in [0.15, 0.2) is 0 Å². The van der Waals surface area contributed by atoms with Crippen molar-refractivity contribution in [1.82, 2.24) is 10.3 Å². The second-order valence-corrected chi connectivity index (χ2v) is 4.40. The second-order valence-electron chi connectivity index (χ2n) is 4.40. The van der Waals surface area contributed by atoms with E-state index in [4.69, 9.17) is 5.11 Å². The zero-order valence-corrected chi connectivity index (χ0v) is 10.6. The third-order valence-electron chi connectivity index (χ3n) is 3.18. The van der Waals surface area contributed by atoms with Gasteiger partial charge in [-0.2, -0.15) is 0 Å². The van der Waals surface area contributed by atoms with Crippen molar-refractivity contribution in [2.75, 3.05) is 6.54 Å². The average Bonchev–Trinajstić information content (AvgIpc) is 2.86. The number of aromatic amines is 1. The first-order chi connectivity index (χ1) is 9.13. The number of para-hydroxylation sites is 1. The lowest BCUT2D eigenvalue weighted by atomic mass is 10.1. The average molecular weight is 260 g/mol. The molecule has 5 nitrogen and oxygen atoms in total. The predicted octanol–water partition coefficient (Wildman–Crippen LogP) is 2.01. The molecule has 1 atom stereocenters. The zero-order valence-electron chi connectivity index (χ0n) is 10.6. The van der Waals surface area contributed by atoms with Gasteiger partial charge in [-0.1, -0.05) is 19.1 Å². The number of carboxylic acid groups (broad SMARTS) is 1. The van der Waals surface area contributed by atoms with Gasteiger partial charge in [0.05, 0.1) is 17.0 Å². The van der Waals surface area contributed by atoms with Crippen LogP contribution in [0.2, 0.25) is 0 Å². The van der Waals surface area contributed by atoms with Crippen molar-refractivity contribution in [2.45, 2.75) is 13.3 Å². The van der Waals surface area contributed by atoms with Gasteiger partial charge in [0.25, 0.3) is 5.91 Å². The van der Waals surface area contributed by atoms with Crippen LogP contribution in [0.25, 0.3) is 10.9 Å². The summed E-state index contributed by atoms with van der Waals surface area (Å²) in [4.78, 5) is 26.0. The Balaban J connectivity index is 2.12. The molecule has 2 aromatic rings. The summed E-state index contributed by atoms with van der Waals surface area (Å²) in [7, 11) is 0. The molecule has 0 aliphatic carbocycles. The Labute approximate surface area is 110 Å². The number of nitrogens with one attached hydrogen (secondary N) is 2. The van der Waals surface area contributed by atoms with Gasteiger partial charge < -0.3 is 15.4 Å². The Bertz CT molecular complexity index is 604. The van der Waals surface area contributed by atoms with Crippen molar-refractivity contribution >= 4 is 22.8 Å². The molecule has 19 heavy (non-hydrogen) atoms. The summed E-state index contributed by atoms with van der Waals surface area (Å²) < 4.78 is 0. The molecule has 0 saturated heterocycles. The lowest BCUT2D eigenvalue weighted by molar-refractivity contribution is -0.141. The summed E-state index contributed by atoms with van der Waals surface area (Å²) in [6.07, 6.45) is 2.26. The molecule has 0 aliphatic heterocycles. The van der Waals surface area contributed by atoms with Gasteiger partial charge in [-0.05, 0) is 18.6 Å². The fourth-order valence-electron chi connectivity index (χ4n) is 1.99. The first-order valence-electron chi connectivity index (χ1n) is 6.20. The van der Waals surface area contributed by atoms with E-state index in [1.54, 1.807) is 25.3 Å². The van der Waals surface area contributed by atoms with E-state index in [2.05, 4.69) is 10.3 Å². The maximum absolute atomic E-state index is 12.1. The van der Waals surface area contributed by atoms with Crippen LogP contribution in [0.5, 0.6) is 0 Å². The molecule has 0 saturated carbocycles. The smallest absolute Gasteiger partial charge is 0.308 e. The van der Waals surface area contributed by atoms with Crippen LogP contribution in [0.15, 0.2) is 30.5 Å². The van der Waals surface area contributed by atoms with Crippen LogP contribution in [0, 0.1) is 5.92 Å². The summed E-state index contributed by atoms with van der Waals surface area (Å²) >= 11 is 0. The molecule has 1 heterocycles. The fourth-order valence-corrected chi connectivity index (χ4v) is 1.99. The van der Waals surface area contributed by atoms with E-state index in [1.807, 2.05) is 12.1 Å². The van der Waals surface area contributed by atoms with Gasteiger partial charge in [0.1, 0.15) is 0 Å². The monoisotopic (exact) mass is 260 g/mol. The molecule has 2 rings (SSSR count). The maximum Gasteiger partial charge on any atom is 0.308 e. The van der Waals surface area contributed by atoms with Crippen molar-refractivity contribution < 1.29 is 14.7 Å². The van der Waals surface area contributed by atoms with Crippen LogP contribution in [-0.4, -0.2) is 28.5 Å². The lowest BCUT2D eigenvalue weighted by Crippen LogP contribution is -2.32. The van der Waals surface area contributed by atoms with E-state index in [1.165, 1.54) is 0 Å². The Morgan fingerprint density at radius 1 is 1.37 bits per heavy atom. The normalized spacial score (nSPS) is 12.3. The number of amides is 1. The maximum atomic E-state index is 12.1. The van der Waals surface area contributed by atoms with Crippen LogP contribution >= 0.6 is 0 Å². The van der Waals surface area contributed by atoms with Crippen LogP contribution in [0.4, 0.5) is 0 Å². The summed E-state index contributed by atoms with van der Waals surface area (Å²) in [5, 5.41) is 12.6. The number of rotatable bonds is 5. The molecule has 0 fully saturated rings. The molecule has 3 N–H and O–H groups in total. The molecule has 1 amide bonds. The lowest BCUT2D eigenvalue weighted by Gasteiger charge is -2.11. The molecule has 1 aromatic carbocycles. The van der Waals surface area contributed by atoms with Gasteiger partial charge >= 0.3 is 5.97 Å². The number of aromatic nitrogens is 1. The molecular weight excluding hydrogens is 244 g/mol. The predicted molar refractivity (Wildman–Crippen MR) is 72.0 cm³/mol. The SMILES string of the molecule is CCC(CNC(=O)c1cccc2cc[nH]c12)C(=O)O. The van der Waals surface area contributed by atoms with Crippen LogP contribution in [0.3, 0.4) is 0 Å². The van der Waals surface area contributed by atoms with E-state index >= 15 is 0 Å². The number of hydrogen-bond acceptors (Lipinski definition) is 2. The number of hydrogen-bond donors (Lipinski definition) is 3. The Morgan fingerprint density at radius 3 is 2.84 bits per heavy atom. The highest BCUT2D eigenvalue weighted by molar-refractivity contribution is 6.05. The number of aliphatic carboxylic acids is 1. The van der Waals surface area contributed by atoms with Gasteiger partial charge in [0.2, 0.25) is 0 Å². The molecule has 1 aromatic heterocycles. The molecule has 0 bridgehead atoms. The zero-order chi connectivity index (χ0) is 13.8. The highest BCUT2D eigenvalue weighted by Gasteiger charge is 2.17. The minimum absolute atomic E-state index is 0.141. The molecular formula is C14H16N2O3. The number of carboxylic acids is 1. The first kappa shape index (κ1) is 13.1. The highest BCUT2D eigenvalue weighted by Crippen LogP contribution is 2.16. The summed E-state index contributed by atoms with van der Waals surface area (Å²) in [5.74, 6) is -1.69. The number of carbonyl (C=O) groups is 2. The van der Waals surface area contributed by atoms with Crippen molar-refractivity contribution in [1.29, 1.82) is 0 Å². The van der Waals surface area contributed by atoms with Crippen molar-refractivity contribution in [3.05, 3.63) is 36.0 Å². The molecule has 5 heteroatoms. The Hall–Kier alpha value is -2.30. The van der Waals surface area contributed by atoms with E-state index in [-0.39, 0.29) is 12.5 Å². The third kappa shape index (κ3) is 2.76. The van der Waals surface area contributed by atoms with E-state index < -0.39 is 11.9 Å². The molecule has 0 spiro atoms. The minimum Gasteiger partial charge on any atom is -0.481 e.